The molecule has 0 fully saturated rings. The molecule has 0 saturated carbocycles. The maximum absolute atomic E-state index is 12.3. The van der Waals surface area contributed by atoms with Crippen molar-refractivity contribution in [3.63, 3.8) is 0 Å². The highest BCUT2D eigenvalue weighted by Crippen LogP contribution is 2.31. The molecule has 0 radical (unpaired) electrons. The number of anilines is 1. The van der Waals surface area contributed by atoms with Crippen molar-refractivity contribution in [3.05, 3.63) is 53.6 Å². The minimum absolute atomic E-state index is 0.0993. The second-order valence-electron chi connectivity index (χ2n) is 5.43. The van der Waals surface area contributed by atoms with Gasteiger partial charge in [-0.15, -0.1) is 0 Å². The fourth-order valence-corrected chi connectivity index (χ4v) is 2.88. The maximum atomic E-state index is 12.3. The highest BCUT2D eigenvalue weighted by atomic mass is 32.2. The summed E-state index contributed by atoms with van der Waals surface area (Å²) in [5.74, 6) is -1.94. The van der Waals surface area contributed by atoms with Gasteiger partial charge in [-0.25, -0.2) is 0 Å². The van der Waals surface area contributed by atoms with Crippen molar-refractivity contribution >= 4 is 29.4 Å². The van der Waals surface area contributed by atoms with Crippen LogP contribution in [-0.4, -0.2) is 24.9 Å². The number of carbonyl (C=O) groups excluding carboxylic acids is 1. The third-order valence-corrected chi connectivity index (χ3v) is 4.30. The molecule has 0 aliphatic carbocycles. The van der Waals surface area contributed by atoms with Crippen molar-refractivity contribution in [1.82, 2.24) is 0 Å². The monoisotopic (exact) mass is 388 g/mol. The Morgan fingerprint density at radius 2 is 1.85 bits per heavy atom. The fraction of sp³-hybridized carbons (Fsp3) is 0.158. The lowest BCUT2D eigenvalue weighted by molar-refractivity contribution is -0.112. The second-order valence-corrected chi connectivity index (χ2v) is 6.49. The van der Waals surface area contributed by atoms with E-state index in [1.807, 2.05) is 6.07 Å². The number of rotatable bonds is 5. The lowest BCUT2D eigenvalue weighted by Gasteiger charge is -2.18. The summed E-state index contributed by atoms with van der Waals surface area (Å²) in [6.07, 6.45) is 1.44. The van der Waals surface area contributed by atoms with Crippen molar-refractivity contribution in [1.29, 1.82) is 5.26 Å². The molecule has 0 unspecified atom stereocenters. The number of amides is 1. The smallest absolute Gasteiger partial charge is 0.288 e. The molecule has 0 atom stereocenters. The highest BCUT2D eigenvalue weighted by Gasteiger charge is 2.14. The first-order valence-corrected chi connectivity index (χ1v) is 8.81. The van der Waals surface area contributed by atoms with Crippen molar-refractivity contribution in [2.75, 3.05) is 18.5 Å². The summed E-state index contributed by atoms with van der Waals surface area (Å²) in [6, 6.07) is 12.9. The van der Waals surface area contributed by atoms with Gasteiger partial charge in [0.25, 0.3) is 11.7 Å². The zero-order valence-corrected chi connectivity index (χ0v) is 14.8. The van der Waals surface area contributed by atoms with Gasteiger partial charge >= 0.3 is 0 Å². The first kappa shape index (κ1) is 18.7. The molecule has 138 valence electrons. The number of nitrogens with one attached hydrogen (secondary N) is 1. The van der Waals surface area contributed by atoms with E-state index in [9.17, 15) is 18.8 Å². The van der Waals surface area contributed by atoms with Crippen molar-refractivity contribution < 1.29 is 23.0 Å². The molecule has 0 spiro atoms. The van der Waals surface area contributed by atoms with Crippen molar-refractivity contribution in [3.8, 4) is 17.6 Å². The molecule has 1 aliphatic heterocycles. The number of nitrogens with zero attached hydrogens (tertiary/aromatic N) is 1. The van der Waals surface area contributed by atoms with Crippen molar-refractivity contribution in [2.24, 2.45) is 0 Å². The number of benzene rings is 2. The van der Waals surface area contributed by atoms with Crippen LogP contribution in [-0.2, 0) is 4.79 Å². The molecule has 1 heterocycles. The molecular formula is C19H14F2N2O3S. The first-order valence-electron chi connectivity index (χ1n) is 7.93. The molecule has 0 aromatic heterocycles. The summed E-state index contributed by atoms with van der Waals surface area (Å²) in [5, 5.41) is 11.9. The van der Waals surface area contributed by atoms with Gasteiger partial charge in [0.1, 0.15) is 24.9 Å². The van der Waals surface area contributed by atoms with Crippen LogP contribution in [0.3, 0.4) is 0 Å². The second kappa shape index (κ2) is 8.56. The number of carbonyl (C=O) groups is 1. The van der Waals surface area contributed by atoms with E-state index in [0.29, 0.717) is 52.6 Å². The minimum atomic E-state index is -2.51. The van der Waals surface area contributed by atoms with Crippen molar-refractivity contribution in [2.45, 2.75) is 10.7 Å². The van der Waals surface area contributed by atoms with Crippen LogP contribution in [0.25, 0.3) is 6.08 Å². The van der Waals surface area contributed by atoms with E-state index in [0.717, 1.165) is 0 Å². The number of nitriles is 1. The van der Waals surface area contributed by atoms with Crippen LogP contribution in [0.5, 0.6) is 11.5 Å². The SMILES string of the molecule is N#C/C(=C\c1ccc2c(c1)OCCO2)C(=O)Nc1ccc(SC(F)F)cc1. The molecule has 3 rings (SSSR count). The zero-order chi connectivity index (χ0) is 19.2. The number of alkyl halides is 2. The van der Waals surface area contributed by atoms with E-state index in [4.69, 9.17) is 9.47 Å². The fourth-order valence-electron chi connectivity index (χ4n) is 2.38. The first-order chi connectivity index (χ1) is 13.0. The Labute approximate surface area is 158 Å². The van der Waals surface area contributed by atoms with Gasteiger partial charge in [-0.05, 0) is 48.0 Å². The molecule has 1 amide bonds. The van der Waals surface area contributed by atoms with Crippen LogP contribution in [0.1, 0.15) is 5.56 Å². The predicted molar refractivity (Wildman–Crippen MR) is 98.0 cm³/mol. The number of halogens is 2. The summed E-state index contributed by atoms with van der Waals surface area (Å²) in [5.41, 5.74) is 0.925. The molecule has 27 heavy (non-hydrogen) atoms. The topological polar surface area (TPSA) is 71.3 Å². The molecule has 2 aromatic carbocycles. The molecule has 0 bridgehead atoms. The van der Waals surface area contributed by atoms with Gasteiger partial charge in [-0.3, -0.25) is 4.79 Å². The molecule has 8 heteroatoms. The zero-order valence-electron chi connectivity index (χ0n) is 13.9. The number of fused-ring (bicyclic) bond motifs is 1. The third-order valence-electron chi connectivity index (χ3n) is 3.58. The van der Waals surface area contributed by atoms with Gasteiger partial charge in [0.05, 0.1) is 0 Å². The lowest BCUT2D eigenvalue weighted by atomic mass is 10.1. The molecule has 0 saturated heterocycles. The predicted octanol–water partition coefficient (Wildman–Crippen LogP) is 4.32. The molecular weight excluding hydrogens is 374 g/mol. The number of hydrogen-bond acceptors (Lipinski definition) is 5. The number of hydrogen-bond donors (Lipinski definition) is 1. The van der Waals surface area contributed by atoms with Gasteiger partial charge < -0.3 is 14.8 Å². The van der Waals surface area contributed by atoms with E-state index in [1.165, 1.54) is 30.3 Å². The summed E-state index contributed by atoms with van der Waals surface area (Å²) in [4.78, 5) is 12.7. The summed E-state index contributed by atoms with van der Waals surface area (Å²) in [6.45, 7) is 0.911. The Hall–Kier alpha value is -3.05. The van der Waals surface area contributed by atoms with Gasteiger partial charge in [0, 0.05) is 10.6 Å². The van der Waals surface area contributed by atoms with E-state index in [2.05, 4.69) is 5.32 Å². The van der Waals surface area contributed by atoms with E-state index in [-0.39, 0.29) is 5.57 Å². The van der Waals surface area contributed by atoms with Crippen LogP contribution < -0.4 is 14.8 Å². The normalized spacial score (nSPS) is 13.2. The van der Waals surface area contributed by atoms with Crippen LogP contribution in [0.2, 0.25) is 0 Å². The van der Waals surface area contributed by atoms with Gasteiger partial charge in [0.2, 0.25) is 0 Å². The summed E-state index contributed by atoms with van der Waals surface area (Å²) in [7, 11) is 0. The van der Waals surface area contributed by atoms with Crippen LogP contribution in [0, 0.1) is 11.3 Å². The third kappa shape index (κ3) is 4.99. The minimum Gasteiger partial charge on any atom is -0.486 e. The molecule has 1 aliphatic rings. The summed E-state index contributed by atoms with van der Waals surface area (Å²) >= 11 is 0.418. The Kier molecular flexibility index (Phi) is 5.94. The average molecular weight is 388 g/mol. The number of ether oxygens (including phenoxy) is 2. The maximum Gasteiger partial charge on any atom is 0.288 e. The Morgan fingerprint density at radius 3 is 2.52 bits per heavy atom. The molecule has 1 N–H and O–H groups in total. The summed E-state index contributed by atoms with van der Waals surface area (Å²) < 4.78 is 35.6. The Morgan fingerprint density at radius 1 is 1.15 bits per heavy atom. The molecule has 2 aromatic rings. The highest BCUT2D eigenvalue weighted by molar-refractivity contribution is 7.99. The molecule has 5 nitrogen and oxygen atoms in total. The number of thioether (sulfide) groups is 1. The Bertz CT molecular complexity index is 908. The quantitative estimate of drug-likeness (QED) is 0.469. The average Bonchev–Trinajstić information content (AvgIpc) is 2.67. The van der Waals surface area contributed by atoms with E-state index < -0.39 is 11.7 Å². The van der Waals surface area contributed by atoms with Crippen LogP contribution in [0.4, 0.5) is 14.5 Å². The standard InChI is InChI=1S/C19H14F2N2O3S/c20-19(21)27-15-4-2-14(3-5-15)23-18(24)13(11-22)9-12-1-6-16-17(10-12)26-8-7-25-16/h1-6,9-10,19H,7-8H2,(H,23,24)/b13-9+. The Balaban J connectivity index is 1.72. The van der Waals surface area contributed by atoms with E-state index >= 15 is 0 Å². The van der Waals surface area contributed by atoms with Crippen LogP contribution in [0.15, 0.2) is 52.9 Å². The largest absolute Gasteiger partial charge is 0.486 e. The van der Waals surface area contributed by atoms with Crippen LogP contribution >= 0.6 is 11.8 Å². The van der Waals surface area contributed by atoms with E-state index in [1.54, 1.807) is 18.2 Å². The lowest BCUT2D eigenvalue weighted by Crippen LogP contribution is -2.15. The van der Waals surface area contributed by atoms with Gasteiger partial charge in [-0.2, -0.15) is 14.0 Å². The van der Waals surface area contributed by atoms with Gasteiger partial charge in [0.15, 0.2) is 11.5 Å². The van der Waals surface area contributed by atoms with Gasteiger partial charge in [-0.1, -0.05) is 17.8 Å².